The van der Waals surface area contributed by atoms with Crippen molar-refractivity contribution in [2.24, 2.45) is 5.92 Å². The molecule has 1 aliphatic rings. The smallest absolute Gasteiger partial charge is 0.241 e. The predicted molar refractivity (Wildman–Crippen MR) is 61.0 cm³/mol. The first kappa shape index (κ1) is 11.8. The van der Waals surface area contributed by atoms with Crippen LogP contribution in [0.3, 0.4) is 0 Å². The topological polar surface area (TPSA) is 95.1 Å². The SMILES string of the molecule is Nc1ncn(CC(=O)NCC2CCCOC2)n1. The van der Waals surface area contributed by atoms with Gasteiger partial charge in [-0.15, -0.1) is 5.10 Å². The molecule has 0 spiro atoms. The average molecular weight is 239 g/mol. The first-order valence-electron chi connectivity index (χ1n) is 5.73. The molecular weight excluding hydrogens is 222 g/mol. The van der Waals surface area contributed by atoms with Gasteiger partial charge >= 0.3 is 0 Å². The molecule has 1 unspecified atom stereocenters. The molecule has 0 bridgehead atoms. The van der Waals surface area contributed by atoms with Gasteiger partial charge in [0, 0.05) is 13.2 Å². The first-order valence-corrected chi connectivity index (χ1v) is 5.73. The number of ether oxygens (including phenoxy) is 1. The molecule has 1 aromatic heterocycles. The van der Waals surface area contributed by atoms with Crippen LogP contribution in [0.2, 0.25) is 0 Å². The number of carbonyl (C=O) groups excluding carboxylic acids is 1. The molecule has 1 saturated heterocycles. The summed E-state index contributed by atoms with van der Waals surface area (Å²) in [6, 6.07) is 0. The molecule has 0 aliphatic carbocycles. The van der Waals surface area contributed by atoms with Crippen LogP contribution in [0.5, 0.6) is 0 Å². The van der Waals surface area contributed by atoms with Crippen LogP contribution in [0.25, 0.3) is 0 Å². The van der Waals surface area contributed by atoms with Crippen molar-refractivity contribution in [2.45, 2.75) is 19.4 Å². The van der Waals surface area contributed by atoms with Gasteiger partial charge in [-0.1, -0.05) is 0 Å². The van der Waals surface area contributed by atoms with Crippen LogP contribution in [0.1, 0.15) is 12.8 Å². The highest BCUT2D eigenvalue weighted by Crippen LogP contribution is 2.11. The summed E-state index contributed by atoms with van der Waals surface area (Å²) in [4.78, 5) is 15.3. The Kier molecular flexibility index (Phi) is 3.92. The van der Waals surface area contributed by atoms with Crippen molar-refractivity contribution < 1.29 is 9.53 Å². The zero-order valence-electron chi connectivity index (χ0n) is 9.63. The third-order valence-corrected chi connectivity index (χ3v) is 2.70. The van der Waals surface area contributed by atoms with Gasteiger partial charge in [0.2, 0.25) is 11.9 Å². The van der Waals surface area contributed by atoms with Gasteiger partial charge in [-0.25, -0.2) is 9.67 Å². The molecule has 17 heavy (non-hydrogen) atoms. The molecule has 3 N–H and O–H groups in total. The Bertz CT molecular complexity index is 373. The Morgan fingerprint density at radius 3 is 3.24 bits per heavy atom. The van der Waals surface area contributed by atoms with E-state index in [1.54, 1.807) is 0 Å². The fourth-order valence-electron chi connectivity index (χ4n) is 1.81. The quantitative estimate of drug-likeness (QED) is 0.731. The van der Waals surface area contributed by atoms with Crippen molar-refractivity contribution in [3.05, 3.63) is 6.33 Å². The average Bonchev–Trinajstić information content (AvgIpc) is 2.73. The summed E-state index contributed by atoms with van der Waals surface area (Å²) in [5.41, 5.74) is 5.35. The largest absolute Gasteiger partial charge is 0.381 e. The molecule has 94 valence electrons. The highest BCUT2D eigenvalue weighted by atomic mass is 16.5. The molecule has 0 radical (unpaired) electrons. The number of nitrogens with zero attached hydrogens (tertiary/aromatic N) is 3. The zero-order valence-corrected chi connectivity index (χ0v) is 9.63. The summed E-state index contributed by atoms with van der Waals surface area (Å²) in [7, 11) is 0. The lowest BCUT2D eigenvalue weighted by molar-refractivity contribution is -0.122. The van der Waals surface area contributed by atoms with Crippen molar-refractivity contribution in [2.75, 3.05) is 25.5 Å². The number of anilines is 1. The predicted octanol–water partition coefficient (Wildman–Crippen LogP) is -0.597. The lowest BCUT2D eigenvalue weighted by Gasteiger charge is -2.22. The molecule has 7 nitrogen and oxygen atoms in total. The molecule has 0 aromatic carbocycles. The van der Waals surface area contributed by atoms with E-state index in [9.17, 15) is 4.79 Å². The Balaban J connectivity index is 1.70. The molecule has 1 aromatic rings. The molecule has 1 amide bonds. The third-order valence-electron chi connectivity index (χ3n) is 2.70. The highest BCUT2D eigenvalue weighted by Gasteiger charge is 2.14. The van der Waals surface area contributed by atoms with Gasteiger partial charge in [0.05, 0.1) is 6.61 Å². The van der Waals surface area contributed by atoms with Crippen molar-refractivity contribution in [1.82, 2.24) is 20.1 Å². The third kappa shape index (κ3) is 3.70. The second-order valence-electron chi connectivity index (χ2n) is 4.19. The lowest BCUT2D eigenvalue weighted by atomic mass is 10.0. The maximum atomic E-state index is 11.6. The van der Waals surface area contributed by atoms with Crippen LogP contribution < -0.4 is 11.1 Å². The van der Waals surface area contributed by atoms with E-state index in [0.29, 0.717) is 12.5 Å². The van der Waals surface area contributed by atoms with Gasteiger partial charge in [-0.3, -0.25) is 4.79 Å². The van der Waals surface area contributed by atoms with Crippen LogP contribution in [0.4, 0.5) is 5.95 Å². The van der Waals surface area contributed by atoms with Gasteiger partial charge in [-0.05, 0) is 18.8 Å². The number of amides is 1. The number of carbonyl (C=O) groups is 1. The summed E-state index contributed by atoms with van der Waals surface area (Å²) in [6.45, 7) is 2.38. The Hall–Kier alpha value is -1.63. The van der Waals surface area contributed by atoms with Crippen LogP contribution >= 0.6 is 0 Å². The van der Waals surface area contributed by atoms with Crippen molar-refractivity contribution >= 4 is 11.9 Å². The molecule has 2 rings (SSSR count). The molecule has 1 fully saturated rings. The lowest BCUT2D eigenvalue weighted by Crippen LogP contribution is -2.35. The van der Waals surface area contributed by atoms with Gasteiger partial charge in [0.1, 0.15) is 12.9 Å². The highest BCUT2D eigenvalue weighted by molar-refractivity contribution is 5.75. The summed E-state index contributed by atoms with van der Waals surface area (Å²) < 4.78 is 6.76. The van der Waals surface area contributed by atoms with E-state index in [1.807, 2.05) is 0 Å². The molecule has 1 atom stereocenters. The summed E-state index contributed by atoms with van der Waals surface area (Å²) in [6.07, 6.45) is 3.62. The number of hydrogen-bond acceptors (Lipinski definition) is 5. The minimum atomic E-state index is -0.0829. The molecule has 7 heteroatoms. The Morgan fingerprint density at radius 2 is 2.59 bits per heavy atom. The van der Waals surface area contributed by atoms with Crippen molar-refractivity contribution in [3.8, 4) is 0 Å². The molecule has 0 saturated carbocycles. The number of rotatable bonds is 4. The molecule has 2 heterocycles. The number of aromatic nitrogens is 3. The number of nitrogens with one attached hydrogen (secondary N) is 1. The zero-order chi connectivity index (χ0) is 12.1. The fourth-order valence-corrected chi connectivity index (χ4v) is 1.81. The summed E-state index contributed by atoms with van der Waals surface area (Å²) >= 11 is 0. The first-order chi connectivity index (χ1) is 8.24. The monoisotopic (exact) mass is 239 g/mol. The maximum Gasteiger partial charge on any atom is 0.241 e. The van der Waals surface area contributed by atoms with Crippen LogP contribution in [-0.4, -0.2) is 40.4 Å². The van der Waals surface area contributed by atoms with E-state index < -0.39 is 0 Å². The van der Waals surface area contributed by atoms with Gasteiger partial charge in [0.15, 0.2) is 0 Å². The Morgan fingerprint density at radius 1 is 1.71 bits per heavy atom. The van der Waals surface area contributed by atoms with Crippen LogP contribution in [-0.2, 0) is 16.1 Å². The number of nitrogen functional groups attached to an aromatic ring is 1. The van der Waals surface area contributed by atoms with Gasteiger partial charge in [0.25, 0.3) is 0 Å². The number of hydrogen-bond donors (Lipinski definition) is 2. The second-order valence-corrected chi connectivity index (χ2v) is 4.19. The van der Waals surface area contributed by atoms with Crippen molar-refractivity contribution in [1.29, 1.82) is 0 Å². The minimum Gasteiger partial charge on any atom is -0.381 e. The minimum absolute atomic E-state index is 0.0829. The maximum absolute atomic E-state index is 11.6. The normalized spacial score (nSPS) is 20.1. The van der Waals surface area contributed by atoms with E-state index in [-0.39, 0.29) is 18.4 Å². The summed E-state index contributed by atoms with van der Waals surface area (Å²) in [5, 5.41) is 6.70. The van der Waals surface area contributed by atoms with E-state index in [4.69, 9.17) is 10.5 Å². The second kappa shape index (κ2) is 5.62. The van der Waals surface area contributed by atoms with E-state index in [2.05, 4.69) is 15.4 Å². The molecule has 1 aliphatic heterocycles. The molecular formula is C10H17N5O2. The standard InChI is InChI=1S/C10H17N5O2/c11-10-13-7-15(14-10)5-9(16)12-4-8-2-1-3-17-6-8/h7-8H,1-6H2,(H2,11,14)(H,12,16). The van der Waals surface area contributed by atoms with E-state index in [1.165, 1.54) is 11.0 Å². The van der Waals surface area contributed by atoms with Crippen molar-refractivity contribution in [3.63, 3.8) is 0 Å². The van der Waals surface area contributed by atoms with Crippen LogP contribution in [0, 0.1) is 5.92 Å². The van der Waals surface area contributed by atoms with E-state index >= 15 is 0 Å². The van der Waals surface area contributed by atoms with Gasteiger partial charge in [-0.2, -0.15) is 0 Å². The van der Waals surface area contributed by atoms with E-state index in [0.717, 1.165) is 26.1 Å². The van der Waals surface area contributed by atoms with Gasteiger partial charge < -0.3 is 15.8 Å². The number of nitrogens with two attached hydrogens (primary N) is 1. The Labute approximate surface area is 99.3 Å². The van der Waals surface area contributed by atoms with Crippen LogP contribution in [0.15, 0.2) is 6.33 Å². The summed E-state index contributed by atoms with van der Waals surface area (Å²) in [5.74, 6) is 0.521. The fraction of sp³-hybridized carbons (Fsp3) is 0.700.